The van der Waals surface area contributed by atoms with E-state index in [1.54, 1.807) is 18.3 Å². The van der Waals surface area contributed by atoms with E-state index in [2.05, 4.69) is 10.3 Å². The number of ketones is 1. The van der Waals surface area contributed by atoms with Gasteiger partial charge in [0, 0.05) is 13.0 Å². The third-order valence-corrected chi connectivity index (χ3v) is 2.45. The van der Waals surface area contributed by atoms with E-state index in [-0.39, 0.29) is 24.6 Å². The first kappa shape index (κ1) is 12.4. The van der Waals surface area contributed by atoms with Crippen LogP contribution >= 0.6 is 0 Å². The van der Waals surface area contributed by atoms with Crippen molar-refractivity contribution in [3.8, 4) is 0 Å². The number of halogens is 1. The second-order valence-electron chi connectivity index (χ2n) is 3.95. The Morgan fingerprint density at radius 3 is 2.67 bits per heavy atom. The van der Waals surface area contributed by atoms with Crippen molar-refractivity contribution in [2.45, 2.75) is 19.5 Å². The third kappa shape index (κ3) is 3.21. The van der Waals surface area contributed by atoms with Crippen LogP contribution in [0.3, 0.4) is 0 Å². The van der Waals surface area contributed by atoms with E-state index in [0.29, 0.717) is 12.2 Å². The van der Waals surface area contributed by atoms with Crippen LogP contribution < -0.4 is 5.73 Å². The average Bonchev–Trinajstić information content (AvgIpc) is 2.79. The second kappa shape index (κ2) is 5.50. The molecule has 0 fully saturated rings. The Morgan fingerprint density at radius 1 is 1.33 bits per heavy atom. The quantitative estimate of drug-likeness (QED) is 0.844. The largest absolute Gasteiger partial charge is 0.325 e. The normalized spacial score (nSPS) is 10.6. The van der Waals surface area contributed by atoms with Gasteiger partial charge in [0.2, 0.25) is 0 Å². The van der Waals surface area contributed by atoms with E-state index >= 15 is 0 Å². The molecule has 0 amide bonds. The molecule has 0 unspecified atom stereocenters. The average molecular weight is 248 g/mol. The van der Waals surface area contributed by atoms with Gasteiger partial charge in [0.15, 0.2) is 5.78 Å². The first-order valence-electron chi connectivity index (χ1n) is 5.52. The van der Waals surface area contributed by atoms with E-state index in [4.69, 9.17) is 5.73 Å². The Kier molecular flexibility index (Phi) is 3.78. The van der Waals surface area contributed by atoms with Crippen molar-refractivity contribution in [3.05, 3.63) is 47.5 Å². The molecule has 5 nitrogen and oxygen atoms in total. The summed E-state index contributed by atoms with van der Waals surface area (Å²) in [4.78, 5) is 11.8. The number of nitrogens with zero attached hydrogens (tertiary/aromatic N) is 3. The zero-order valence-electron chi connectivity index (χ0n) is 9.71. The van der Waals surface area contributed by atoms with Gasteiger partial charge in [0.25, 0.3) is 0 Å². The molecule has 1 aromatic heterocycles. The zero-order valence-corrected chi connectivity index (χ0v) is 9.71. The number of hydrogen-bond donors (Lipinski definition) is 1. The predicted molar refractivity (Wildman–Crippen MR) is 63.0 cm³/mol. The van der Waals surface area contributed by atoms with Crippen LogP contribution in [0.1, 0.15) is 11.3 Å². The molecule has 0 radical (unpaired) electrons. The molecule has 0 atom stereocenters. The summed E-state index contributed by atoms with van der Waals surface area (Å²) in [6.45, 7) is 0.441. The van der Waals surface area contributed by atoms with Crippen LogP contribution in [0.2, 0.25) is 0 Å². The second-order valence-corrected chi connectivity index (χ2v) is 3.95. The standard InChI is InChI=1S/C12H13FN4O/c13-10-3-1-9(2-4-10)5-12(18)8-17-7-11(6-14)15-16-17/h1-4,7H,5-6,8,14H2. The Morgan fingerprint density at radius 2 is 2.06 bits per heavy atom. The van der Waals surface area contributed by atoms with Crippen LogP contribution in [0, 0.1) is 5.82 Å². The Hall–Kier alpha value is -2.08. The van der Waals surface area contributed by atoms with Crippen LogP contribution in [-0.2, 0) is 24.3 Å². The minimum Gasteiger partial charge on any atom is -0.325 e. The number of benzene rings is 1. The lowest BCUT2D eigenvalue weighted by molar-refractivity contribution is -0.119. The first-order valence-corrected chi connectivity index (χ1v) is 5.52. The van der Waals surface area contributed by atoms with Crippen molar-refractivity contribution in [1.29, 1.82) is 0 Å². The molecule has 1 aromatic carbocycles. The number of carbonyl (C=O) groups excluding carboxylic acids is 1. The fourth-order valence-corrected chi connectivity index (χ4v) is 1.58. The molecular weight excluding hydrogens is 235 g/mol. The predicted octanol–water partition coefficient (Wildman–Crippen LogP) is 0.688. The zero-order chi connectivity index (χ0) is 13.0. The number of Topliss-reactive ketones (excluding diaryl/α,β-unsaturated/α-hetero) is 1. The highest BCUT2D eigenvalue weighted by molar-refractivity contribution is 5.80. The number of aromatic nitrogens is 3. The Labute approximate surface area is 103 Å². The van der Waals surface area contributed by atoms with Gasteiger partial charge in [0.1, 0.15) is 12.4 Å². The monoisotopic (exact) mass is 248 g/mol. The fraction of sp³-hybridized carbons (Fsp3) is 0.250. The molecule has 1 heterocycles. The number of rotatable bonds is 5. The van der Waals surface area contributed by atoms with Gasteiger partial charge in [-0.3, -0.25) is 4.79 Å². The minimum absolute atomic E-state index is 0.0184. The lowest BCUT2D eigenvalue weighted by atomic mass is 10.1. The Bertz CT molecular complexity index is 535. The fourth-order valence-electron chi connectivity index (χ4n) is 1.58. The molecule has 0 saturated carbocycles. The molecule has 2 N–H and O–H groups in total. The van der Waals surface area contributed by atoms with Gasteiger partial charge >= 0.3 is 0 Å². The van der Waals surface area contributed by atoms with Crippen molar-refractivity contribution in [2.75, 3.05) is 0 Å². The molecule has 0 saturated heterocycles. The highest BCUT2D eigenvalue weighted by Crippen LogP contribution is 2.04. The van der Waals surface area contributed by atoms with Gasteiger partial charge in [-0.2, -0.15) is 0 Å². The maximum atomic E-state index is 12.7. The van der Waals surface area contributed by atoms with Gasteiger partial charge in [-0.25, -0.2) is 9.07 Å². The maximum absolute atomic E-state index is 12.7. The highest BCUT2D eigenvalue weighted by atomic mass is 19.1. The van der Waals surface area contributed by atoms with Crippen molar-refractivity contribution >= 4 is 5.78 Å². The summed E-state index contributed by atoms with van der Waals surface area (Å²) in [5.74, 6) is -0.329. The van der Waals surface area contributed by atoms with Crippen LogP contribution in [0.25, 0.3) is 0 Å². The first-order chi connectivity index (χ1) is 8.67. The van der Waals surface area contributed by atoms with E-state index in [9.17, 15) is 9.18 Å². The van der Waals surface area contributed by atoms with E-state index < -0.39 is 0 Å². The summed E-state index contributed by atoms with van der Waals surface area (Å²) >= 11 is 0. The van der Waals surface area contributed by atoms with Crippen molar-refractivity contribution in [1.82, 2.24) is 15.0 Å². The van der Waals surface area contributed by atoms with Gasteiger partial charge in [0.05, 0.1) is 11.9 Å². The lowest BCUT2D eigenvalue weighted by Crippen LogP contribution is -2.13. The van der Waals surface area contributed by atoms with Crippen molar-refractivity contribution in [2.24, 2.45) is 5.73 Å². The summed E-state index contributed by atoms with van der Waals surface area (Å²) in [7, 11) is 0. The molecule has 0 aliphatic carbocycles. The lowest BCUT2D eigenvalue weighted by Gasteiger charge is -2.01. The topological polar surface area (TPSA) is 73.8 Å². The van der Waals surface area contributed by atoms with Crippen LogP contribution in [0.15, 0.2) is 30.5 Å². The Balaban J connectivity index is 1.94. The molecular formula is C12H13FN4O. The maximum Gasteiger partial charge on any atom is 0.158 e. The molecule has 2 aromatic rings. The van der Waals surface area contributed by atoms with Crippen LogP contribution in [-0.4, -0.2) is 20.8 Å². The van der Waals surface area contributed by atoms with E-state index in [0.717, 1.165) is 5.56 Å². The molecule has 0 spiro atoms. The number of nitrogens with two attached hydrogens (primary N) is 1. The summed E-state index contributed by atoms with van der Waals surface area (Å²) in [6.07, 6.45) is 1.89. The number of hydrogen-bond acceptors (Lipinski definition) is 4. The molecule has 94 valence electrons. The number of carbonyl (C=O) groups is 1. The minimum atomic E-state index is -0.310. The molecule has 6 heteroatoms. The molecule has 0 bridgehead atoms. The van der Waals surface area contributed by atoms with Crippen LogP contribution in [0.4, 0.5) is 4.39 Å². The SMILES string of the molecule is NCc1cn(CC(=O)Cc2ccc(F)cc2)nn1. The molecule has 0 aliphatic heterocycles. The summed E-state index contributed by atoms with van der Waals surface area (Å²) in [5, 5.41) is 7.58. The van der Waals surface area contributed by atoms with E-state index in [1.165, 1.54) is 16.8 Å². The van der Waals surface area contributed by atoms with E-state index in [1.807, 2.05) is 0 Å². The summed E-state index contributed by atoms with van der Waals surface area (Å²) in [5.41, 5.74) is 6.82. The van der Waals surface area contributed by atoms with Crippen molar-refractivity contribution in [3.63, 3.8) is 0 Å². The van der Waals surface area contributed by atoms with Gasteiger partial charge < -0.3 is 5.73 Å². The molecule has 2 rings (SSSR count). The van der Waals surface area contributed by atoms with Gasteiger partial charge in [-0.15, -0.1) is 5.10 Å². The smallest absolute Gasteiger partial charge is 0.158 e. The molecule has 0 aliphatic rings. The van der Waals surface area contributed by atoms with Crippen molar-refractivity contribution < 1.29 is 9.18 Å². The summed E-state index contributed by atoms with van der Waals surface area (Å²) in [6, 6.07) is 5.87. The third-order valence-electron chi connectivity index (χ3n) is 2.45. The van der Waals surface area contributed by atoms with Gasteiger partial charge in [-0.05, 0) is 17.7 Å². The van der Waals surface area contributed by atoms with Crippen LogP contribution in [0.5, 0.6) is 0 Å². The van der Waals surface area contributed by atoms with Gasteiger partial charge in [-0.1, -0.05) is 17.3 Å². The summed E-state index contributed by atoms with van der Waals surface area (Å²) < 4.78 is 14.1. The molecule has 18 heavy (non-hydrogen) atoms. The highest BCUT2D eigenvalue weighted by Gasteiger charge is 2.07.